The third kappa shape index (κ3) is 4.43. The van der Waals surface area contributed by atoms with Gasteiger partial charge in [0.1, 0.15) is 11.3 Å². The standard InChI is InChI=1S/C13H18N2O5/c1-8(12(16)15-5-6-19-2)20-11-4-3-9(14)7-10(11)13(17)18/h3-4,7-8H,5-6,14H2,1-2H3,(H,15,16)(H,17,18). The van der Waals surface area contributed by atoms with Crippen LogP contribution in [0.15, 0.2) is 18.2 Å². The second-order valence-electron chi connectivity index (χ2n) is 4.10. The van der Waals surface area contributed by atoms with Gasteiger partial charge in [-0.15, -0.1) is 0 Å². The quantitative estimate of drug-likeness (QED) is 0.496. The molecule has 0 aromatic heterocycles. The van der Waals surface area contributed by atoms with E-state index >= 15 is 0 Å². The summed E-state index contributed by atoms with van der Waals surface area (Å²) in [5, 5.41) is 11.7. The zero-order chi connectivity index (χ0) is 15.1. The van der Waals surface area contributed by atoms with Crippen LogP contribution in [-0.4, -0.2) is 43.3 Å². The minimum Gasteiger partial charge on any atom is -0.480 e. The number of nitrogen functional groups attached to an aromatic ring is 1. The number of methoxy groups -OCH3 is 1. The van der Waals surface area contributed by atoms with Gasteiger partial charge in [0, 0.05) is 19.3 Å². The molecule has 1 atom stereocenters. The molecule has 20 heavy (non-hydrogen) atoms. The fourth-order valence-electron chi connectivity index (χ4n) is 1.48. The van der Waals surface area contributed by atoms with E-state index in [2.05, 4.69) is 5.32 Å². The molecule has 1 unspecified atom stereocenters. The number of rotatable bonds is 7. The number of anilines is 1. The topological polar surface area (TPSA) is 111 Å². The van der Waals surface area contributed by atoms with E-state index in [4.69, 9.17) is 20.3 Å². The normalized spacial score (nSPS) is 11.7. The summed E-state index contributed by atoms with van der Waals surface area (Å²) in [6.07, 6.45) is -0.825. The van der Waals surface area contributed by atoms with E-state index in [0.29, 0.717) is 18.8 Å². The maximum atomic E-state index is 11.7. The Morgan fingerprint density at radius 3 is 2.75 bits per heavy atom. The molecule has 0 heterocycles. The van der Waals surface area contributed by atoms with Crippen molar-refractivity contribution in [3.05, 3.63) is 23.8 Å². The SMILES string of the molecule is COCCNC(=O)C(C)Oc1ccc(N)cc1C(=O)O. The lowest BCUT2D eigenvalue weighted by Gasteiger charge is -2.16. The van der Waals surface area contributed by atoms with Crippen LogP contribution in [0.4, 0.5) is 5.69 Å². The number of nitrogens with two attached hydrogens (primary N) is 1. The Hall–Kier alpha value is -2.28. The smallest absolute Gasteiger partial charge is 0.339 e. The third-order valence-corrected chi connectivity index (χ3v) is 2.51. The monoisotopic (exact) mass is 282 g/mol. The van der Waals surface area contributed by atoms with Crippen molar-refractivity contribution in [3.8, 4) is 5.75 Å². The molecule has 0 radical (unpaired) electrons. The second kappa shape index (κ2) is 7.34. The van der Waals surface area contributed by atoms with Crippen LogP contribution < -0.4 is 15.8 Å². The second-order valence-corrected chi connectivity index (χ2v) is 4.10. The highest BCUT2D eigenvalue weighted by Crippen LogP contribution is 2.22. The van der Waals surface area contributed by atoms with Crippen LogP contribution in [0.25, 0.3) is 0 Å². The van der Waals surface area contributed by atoms with E-state index in [1.165, 1.54) is 32.2 Å². The molecule has 4 N–H and O–H groups in total. The summed E-state index contributed by atoms with van der Waals surface area (Å²) in [6.45, 7) is 2.28. The number of nitrogens with one attached hydrogen (secondary N) is 1. The summed E-state index contributed by atoms with van der Waals surface area (Å²) < 4.78 is 10.2. The van der Waals surface area contributed by atoms with Gasteiger partial charge in [0.2, 0.25) is 0 Å². The molecule has 1 aromatic rings. The minimum atomic E-state index is -1.17. The predicted octanol–water partition coefficient (Wildman–Crippen LogP) is 0.497. The number of carbonyl (C=O) groups excluding carboxylic acids is 1. The van der Waals surface area contributed by atoms with Crippen molar-refractivity contribution in [1.82, 2.24) is 5.32 Å². The van der Waals surface area contributed by atoms with Gasteiger partial charge in [0.15, 0.2) is 6.10 Å². The van der Waals surface area contributed by atoms with Gasteiger partial charge in [-0.1, -0.05) is 0 Å². The average molecular weight is 282 g/mol. The van der Waals surface area contributed by atoms with Crippen LogP contribution in [0, 0.1) is 0 Å². The first kappa shape index (κ1) is 15.8. The third-order valence-electron chi connectivity index (χ3n) is 2.51. The van der Waals surface area contributed by atoms with Crippen LogP contribution in [0.3, 0.4) is 0 Å². The number of hydrogen-bond acceptors (Lipinski definition) is 5. The molecule has 0 saturated carbocycles. The van der Waals surface area contributed by atoms with Gasteiger partial charge in [-0.3, -0.25) is 4.79 Å². The highest BCUT2D eigenvalue weighted by molar-refractivity contribution is 5.92. The summed E-state index contributed by atoms with van der Waals surface area (Å²) in [5.74, 6) is -1.42. The molecule has 7 nitrogen and oxygen atoms in total. The first-order chi connectivity index (χ1) is 9.45. The first-order valence-electron chi connectivity index (χ1n) is 6.01. The number of carboxylic acid groups (broad SMARTS) is 1. The summed E-state index contributed by atoms with van der Waals surface area (Å²) in [4.78, 5) is 22.8. The van der Waals surface area contributed by atoms with Gasteiger partial charge in [0.05, 0.1) is 6.61 Å². The van der Waals surface area contributed by atoms with Crippen LogP contribution in [0.5, 0.6) is 5.75 Å². The van der Waals surface area contributed by atoms with Gasteiger partial charge in [-0.25, -0.2) is 4.79 Å². The number of carboxylic acids is 1. The summed E-state index contributed by atoms with van der Waals surface area (Å²) >= 11 is 0. The Kier molecular flexibility index (Phi) is 5.79. The van der Waals surface area contributed by atoms with Crippen LogP contribution in [-0.2, 0) is 9.53 Å². The Balaban J connectivity index is 2.72. The number of aromatic carboxylic acids is 1. The van der Waals surface area contributed by atoms with Crippen molar-refractivity contribution in [1.29, 1.82) is 0 Å². The molecule has 1 aromatic carbocycles. The lowest BCUT2D eigenvalue weighted by Crippen LogP contribution is -2.38. The van der Waals surface area contributed by atoms with Crippen molar-refractivity contribution in [2.75, 3.05) is 26.0 Å². The van der Waals surface area contributed by atoms with Gasteiger partial charge in [0.25, 0.3) is 5.91 Å². The number of carbonyl (C=O) groups is 2. The maximum absolute atomic E-state index is 11.7. The van der Waals surface area contributed by atoms with Crippen molar-refractivity contribution < 1.29 is 24.2 Å². The molecule has 0 spiro atoms. The molecular formula is C13H18N2O5. The van der Waals surface area contributed by atoms with Gasteiger partial charge in [-0.05, 0) is 25.1 Å². The molecule has 0 aliphatic heterocycles. The molecule has 0 fully saturated rings. The van der Waals surface area contributed by atoms with E-state index in [9.17, 15) is 9.59 Å². The van der Waals surface area contributed by atoms with Gasteiger partial charge in [-0.2, -0.15) is 0 Å². The van der Waals surface area contributed by atoms with Gasteiger partial charge >= 0.3 is 5.97 Å². The summed E-state index contributed by atoms with van der Waals surface area (Å²) in [7, 11) is 1.53. The van der Waals surface area contributed by atoms with Crippen LogP contribution in [0.1, 0.15) is 17.3 Å². The molecule has 0 aliphatic rings. The summed E-state index contributed by atoms with van der Waals surface area (Å²) in [5.41, 5.74) is 5.75. The molecular weight excluding hydrogens is 264 g/mol. The lowest BCUT2D eigenvalue weighted by atomic mass is 10.2. The zero-order valence-electron chi connectivity index (χ0n) is 11.4. The minimum absolute atomic E-state index is 0.0819. The lowest BCUT2D eigenvalue weighted by molar-refractivity contribution is -0.127. The van der Waals surface area contributed by atoms with Crippen molar-refractivity contribution in [3.63, 3.8) is 0 Å². The van der Waals surface area contributed by atoms with E-state index in [1.807, 2.05) is 0 Å². The van der Waals surface area contributed by atoms with Crippen LogP contribution in [0.2, 0.25) is 0 Å². The number of benzene rings is 1. The molecule has 0 saturated heterocycles. The Morgan fingerprint density at radius 2 is 2.15 bits per heavy atom. The molecule has 1 rings (SSSR count). The highest BCUT2D eigenvalue weighted by atomic mass is 16.5. The largest absolute Gasteiger partial charge is 0.480 e. The van der Waals surface area contributed by atoms with E-state index in [-0.39, 0.29) is 17.2 Å². The van der Waals surface area contributed by atoms with E-state index in [0.717, 1.165) is 0 Å². The highest BCUT2D eigenvalue weighted by Gasteiger charge is 2.18. The maximum Gasteiger partial charge on any atom is 0.339 e. The molecule has 110 valence electrons. The number of amides is 1. The van der Waals surface area contributed by atoms with Crippen molar-refractivity contribution in [2.24, 2.45) is 0 Å². The fraction of sp³-hybridized carbons (Fsp3) is 0.385. The molecule has 0 bridgehead atoms. The van der Waals surface area contributed by atoms with E-state index in [1.54, 1.807) is 0 Å². The molecule has 1 amide bonds. The Labute approximate surface area is 116 Å². The van der Waals surface area contributed by atoms with Crippen molar-refractivity contribution in [2.45, 2.75) is 13.0 Å². The van der Waals surface area contributed by atoms with Gasteiger partial charge < -0.3 is 25.6 Å². The molecule has 7 heteroatoms. The summed E-state index contributed by atoms with van der Waals surface area (Å²) in [6, 6.07) is 4.22. The number of hydrogen-bond donors (Lipinski definition) is 3. The predicted molar refractivity (Wildman–Crippen MR) is 72.8 cm³/mol. The zero-order valence-corrected chi connectivity index (χ0v) is 11.4. The van der Waals surface area contributed by atoms with Crippen LogP contribution >= 0.6 is 0 Å². The van der Waals surface area contributed by atoms with Crippen molar-refractivity contribution >= 4 is 17.6 Å². The Bertz CT molecular complexity index is 490. The number of ether oxygens (including phenoxy) is 2. The first-order valence-corrected chi connectivity index (χ1v) is 6.01. The van der Waals surface area contributed by atoms with E-state index < -0.39 is 12.1 Å². The average Bonchev–Trinajstić information content (AvgIpc) is 2.40. The Morgan fingerprint density at radius 1 is 1.45 bits per heavy atom. The fourth-order valence-corrected chi connectivity index (χ4v) is 1.48. The molecule has 0 aliphatic carbocycles.